The van der Waals surface area contributed by atoms with Crippen molar-refractivity contribution in [1.82, 2.24) is 0 Å². The Labute approximate surface area is 236 Å². The molecule has 11 heteroatoms. The van der Waals surface area contributed by atoms with Gasteiger partial charge in [0.15, 0.2) is 0 Å². The van der Waals surface area contributed by atoms with Crippen molar-refractivity contribution >= 4 is 0 Å². The predicted octanol–water partition coefficient (Wildman–Crippen LogP) is 1.85. The first-order chi connectivity index (χ1) is 19.3. The van der Waals surface area contributed by atoms with Crippen LogP contribution in [0.15, 0.2) is 0 Å². The first-order valence-corrected chi connectivity index (χ1v) is 14.1. The molecule has 0 amide bonds. The van der Waals surface area contributed by atoms with E-state index in [-0.39, 0.29) is 0 Å². The molecule has 232 valence electrons. The molecule has 1 atom stereocenters. The average molecular weight is 567 g/mol. The molecule has 0 heterocycles. The van der Waals surface area contributed by atoms with E-state index in [0.717, 1.165) is 13.0 Å². The van der Waals surface area contributed by atoms with Gasteiger partial charge in [0.1, 0.15) is 6.61 Å². The van der Waals surface area contributed by atoms with Crippen molar-refractivity contribution in [2.24, 2.45) is 5.92 Å². The van der Waals surface area contributed by atoms with Gasteiger partial charge in [-0.1, -0.05) is 26.2 Å². The van der Waals surface area contributed by atoms with Crippen LogP contribution in [0.2, 0.25) is 0 Å². The maximum Gasteiger partial charge on any atom is 0.107 e. The quantitative estimate of drug-likeness (QED) is 0.0843. The van der Waals surface area contributed by atoms with E-state index in [9.17, 15) is 0 Å². The molecule has 0 aliphatic rings. The molecular formula is C28H54O11. The average Bonchev–Trinajstić information content (AvgIpc) is 2.95. The minimum Gasteiger partial charge on any atom is -0.379 e. The van der Waals surface area contributed by atoms with E-state index in [1.165, 1.54) is 0 Å². The van der Waals surface area contributed by atoms with Crippen molar-refractivity contribution in [3.05, 3.63) is 0 Å². The zero-order valence-corrected chi connectivity index (χ0v) is 24.4. The second-order valence-electron chi connectivity index (χ2n) is 8.36. The van der Waals surface area contributed by atoms with Crippen molar-refractivity contribution in [1.29, 1.82) is 0 Å². The lowest BCUT2D eigenvalue weighted by atomic mass is 10.1. The van der Waals surface area contributed by atoms with Crippen LogP contribution in [-0.2, 0) is 52.1 Å². The standard InChI is InChI=1S/C28H54O11/c1-4-6-29-7-8-30-9-10-31-11-12-32-13-14-33-15-16-34-17-18-35-19-20-36-21-22-37-23-24-38-25-26-39-27-28(3)5-2/h1,28H,5-27H2,2-3H3. The van der Waals surface area contributed by atoms with Crippen LogP contribution in [0.25, 0.3) is 0 Å². The monoisotopic (exact) mass is 566 g/mol. The van der Waals surface area contributed by atoms with Gasteiger partial charge in [0.2, 0.25) is 0 Å². The van der Waals surface area contributed by atoms with E-state index in [0.29, 0.717) is 145 Å². The summed E-state index contributed by atoms with van der Waals surface area (Å²) in [5, 5.41) is 0. The van der Waals surface area contributed by atoms with Gasteiger partial charge in [-0.05, 0) is 5.92 Å². The van der Waals surface area contributed by atoms with Crippen LogP contribution in [-0.4, -0.2) is 145 Å². The van der Waals surface area contributed by atoms with Crippen molar-refractivity contribution in [3.63, 3.8) is 0 Å². The molecule has 0 aromatic rings. The van der Waals surface area contributed by atoms with E-state index in [1.54, 1.807) is 0 Å². The first kappa shape index (κ1) is 38.1. The molecule has 1 unspecified atom stereocenters. The summed E-state index contributed by atoms with van der Waals surface area (Å²) in [6, 6.07) is 0. The molecule has 0 aromatic carbocycles. The fourth-order valence-corrected chi connectivity index (χ4v) is 2.63. The van der Waals surface area contributed by atoms with Crippen LogP contribution in [0.4, 0.5) is 0 Å². The normalized spacial score (nSPS) is 12.1. The Kier molecular flexibility index (Phi) is 34.4. The van der Waals surface area contributed by atoms with Crippen LogP contribution in [0.3, 0.4) is 0 Å². The minimum absolute atomic E-state index is 0.311. The largest absolute Gasteiger partial charge is 0.379 e. The molecule has 39 heavy (non-hydrogen) atoms. The summed E-state index contributed by atoms with van der Waals surface area (Å²) >= 11 is 0. The molecule has 0 saturated heterocycles. The highest BCUT2D eigenvalue weighted by molar-refractivity contribution is 4.82. The highest BCUT2D eigenvalue weighted by atomic mass is 16.6. The Morgan fingerprint density at radius 3 is 0.872 bits per heavy atom. The van der Waals surface area contributed by atoms with Crippen LogP contribution in [0.5, 0.6) is 0 Å². The summed E-state index contributed by atoms with van der Waals surface area (Å²) in [6.07, 6.45) is 6.21. The van der Waals surface area contributed by atoms with Crippen LogP contribution >= 0.6 is 0 Å². The van der Waals surface area contributed by atoms with Crippen LogP contribution < -0.4 is 0 Å². The van der Waals surface area contributed by atoms with Gasteiger partial charge in [-0.3, -0.25) is 0 Å². The maximum atomic E-state index is 5.53. The molecule has 0 aliphatic carbocycles. The van der Waals surface area contributed by atoms with Gasteiger partial charge in [0.25, 0.3) is 0 Å². The molecule has 0 spiro atoms. The minimum atomic E-state index is 0.311. The van der Waals surface area contributed by atoms with Crippen molar-refractivity contribution in [2.45, 2.75) is 20.3 Å². The Balaban J connectivity index is 3.03. The van der Waals surface area contributed by atoms with Gasteiger partial charge in [0, 0.05) is 6.61 Å². The summed E-state index contributed by atoms with van der Waals surface area (Å²) in [4.78, 5) is 0. The maximum absolute atomic E-state index is 5.53. The number of hydrogen-bond donors (Lipinski definition) is 0. The lowest BCUT2D eigenvalue weighted by Gasteiger charge is -2.10. The number of ether oxygens (including phenoxy) is 11. The SMILES string of the molecule is C#CCOCCOCCOCCOCCOCCOCCOCCOCCOCCOCCOCC(C)CC. The van der Waals surface area contributed by atoms with Gasteiger partial charge < -0.3 is 52.1 Å². The zero-order chi connectivity index (χ0) is 28.3. The van der Waals surface area contributed by atoms with E-state index < -0.39 is 0 Å². The summed E-state index contributed by atoms with van der Waals surface area (Å²) in [6.45, 7) is 16.1. The number of terminal acetylenes is 1. The Morgan fingerprint density at radius 1 is 0.410 bits per heavy atom. The topological polar surface area (TPSA) is 102 Å². The fraction of sp³-hybridized carbons (Fsp3) is 0.929. The van der Waals surface area contributed by atoms with Gasteiger partial charge in [-0.25, -0.2) is 0 Å². The summed E-state index contributed by atoms with van der Waals surface area (Å²) < 4.78 is 59.5. The Morgan fingerprint density at radius 2 is 0.641 bits per heavy atom. The summed E-state index contributed by atoms with van der Waals surface area (Å²) in [5.74, 6) is 3.00. The van der Waals surface area contributed by atoms with Gasteiger partial charge in [-0.15, -0.1) is 6.42 Å². The van der Waals surface area contributed by atoms with E-state index in [4.69, 9.17) is 58.5 Å². The fourth-order valence-electron chi connectivity index (χ4n) is 2.63. The van der Waals surface area contributed by atoms with E-state index >= 15 is 0 Å². The Bertz CT molecular complexity index is 491. The third-order valence-electron chi connectivity index (χ3n) is 5.00. The van der Waals surface area contributed by atoms with Crippen LogP contribution in [0, 0.1) is 18.3 Å². The summed E-state index contributed by atoms with van der Waals surface area (Å²) in [5.41, 5.74) is 0. The number of hydrogen-bond acceptors (Lipinski definition) is 11. The van der Waals surface area contributed by atoms with Crippen molar-refractivity contribution < 1.29 is 52.1 Å². The molecule has 11 nitrogen and oxygen atoms in total. The van der Waals surface area contributed by atoms with Crippen molar-refractivity contribution in [3.8, 4) is 12.3 Å². The molecule has 0 bridgehead atoms. The highest BCUT2D eigenvalue weighted by Gasteiger charge is 1.98. The molecule has 0 radical (unpaired) electrons. The van der Waals surface area contributed by atoms with E-state index in [2.05, 4.69) is 19.8 Å². The molecule has 0 aliphatic heterocycles. The second-order valence-corrected chi connectivity index (χ2v) is 8.36. The highest BCUT2D eigenvalue weighted by Crippen LogP contribution is 2.00. The van der Waals surface area contributed by atoms with Crippen LogP contribution in [0.1, 0.15) is 20.3 Å². The second kappa shape index (κ2) is 35.1. The third kappa shape index (κ3) is 35.1. The van der Waals surface area contributed by atoms with E-state index in [1.807, 2.05) is 0 Å². The number of rotatable bonds is 34. The molecular weight excluding hydrogens is 512 g/mol. The molecule has 0 aromatic heterocycles. The lowest BCUT2D eigenvalue weighted by Crippen LogP contribution is -2.15. The molecule has 0 fully saturated rings. The zero-order valence-electron chi connectivity index (χ0n) is 24.4. The molecule has 0 N–H and O–H groups in total. The Hall–Kier alpha value is -0.880. The molecule has 0 saturated carbocycles. The first-order valence-electron chi connectivity index (χ1n) is 14.1. The predicted molar refractivity (Wildman–Crippen MR) is 147 cm³/mol. The van der Waals surface area contributed by atoms with Gasteiger partial charge >= 0.3 is 0 Å². The summed E-state index contributed by atoms with van der Waals surface area (Å²) in [7, 11) is 0. The smallest absolute Gasteiger partial charge is 0.107 e. The molecule has 0 rings (SSSR count). The van der Waals surface area contributed by atoms with Gasteiger partial charge in [0.05, 0.1) is 132 Å². The lowest BCUT2D eigenvalue weighted by molar-refractivity contribution is -0.0276. The third-order valence-corrected chi connectivity index (χ3v) is 5.00. The van der Waals surface area contributed by atoms with Crippen molar-refractivity contribution in [2.75, 3.05) is 145 Å². The van der Waals surface area contributed by atoms with Gasteiger partial charge in [-0.2, -0.15) is 0 Å².